The van der Waals surface area contributed by atoms with Crippen LogP contribution in [-0.4, -0.2) is 0 Å². The van der Waals surface area contributed by atoms with Crippen LogP contribution in [0.1, 0.15) is 5.56 Å². The molecular formula is C7H11Cl2FN2. The first kappa shape index (κ1) is 13.9. The van der Waals surface area contributed by atoms with Crippen LogP contribution in [0, 0.1) is 12.7 Å². The van der Waals surface area contributed by atoms with Crippen LogP contribution in [0.4, 0.5) is 15.8 Å². The number of rotatable bonds is 0. The summed E-state index contributed by atoms with van der Waals surface area (Å²) in [6, 6.07) is 2.76. The van der Waals surface area contributed by atoms with Gasteiger partial charge in [-0.1, -0.05) is 0 Å². The third kappa shape index (κ3) is 2.43. The van der Waals surface area contributed by atoms with Crippen LogP contribution in [0.5, 0.6) is 0 Å². The number of anilines is 2. The first-order valence-electron chi connectivity index (χ1n) is 2.93. The average molecular weight is 213 g/mol. The number of halogens is 3. The molecule has 0 radical (unpaired) electrons. The molecule has 0 bridgehead atoms. The Bertz CT molecular complexity index is 239. The van der Waals surface area contributed by atoms with E-state index in [0.29, 0.717) is 16.9 Å². The van der Waals surface area contributed by atoms with Gasteiger partial charge in [0.1, 0.15) is 5.82 Å². The minimum absolute atomic E-state index is 0. The average Bonchev–Trinajstić information content (AvgIpc) is 1.93. The summed E-state index contributed by atoms with van der Waals surface area (Å²) in [4.78, 5) is 0. The molecule has 0 aliphatic carbocycles. The smallest absolute Gasteiger partial charge is 0.128 e. The molecule has 0 saturated heterocycles. The summed E-state index contributed by atoms with van der Waals surface area (Å²) in [7, 11) is 0. The maximum Gasteiger partial charge on any atom is 0.128 e. The van der Waals surface area contributed by atoms with Crippen LogP contribution < -0.4 is 11.5 Å². The summed E-state index contributed by atoms with van der Waals surface area (Å²) in [6.07, 6.45) is 0. The van der Waals surface area contributed by atoms with Gasteiger partial charge in [0.2, 0.25) is 0 Å². The van der Waals surface area contributed by atoms with Crippen LogP contribution in [0.2, 0.25) is 0 Å². The molecule has 0 atom stereocenters. The van der Waals surface area contributed by atoms with Gasteiger partial charge in [0.15, 0.2) is 0 Å². The second-order valence-corrected chi connectivity index (χ2v) is 2.18. The van der Waals surface area contributed by atoms with Crippen LogP contribution >= 0.6 is 24.8 Å². The van der Waals surface area contributed by atoms with Crippen molar-refractivity contribution in [1.82, 2.24) is 0 Å². The van der Waals surface area contributed by atoms with Crippen LogP contribution in [0.15, 0.2) is 12.1 Å². The lowest BCUT2D eigenvalue weighted by Crippen LogP contribution is -1.98. The van der Waals surface area contributed by atoms with Gasteiger partial charge in [-0.05, 0) is 19.1 Å². The van der Waals surface area contributed by atoms with Gasteiger partial charge in [0.05, 0.1) is 11.4 Å². The largest absolute Gasteiger partial charge is 0.397 e. The Morgan fingerprint density at radius 2 is 1.67 bits per heavy atom. The summed E-state index contributed by atoms with van der Waals surface area (Å²) in [5, 5.41) is 0. The van der Waals surface area contributed by atoms with Crippen molar-refractivity contribution in [2.75, 3.05) is 11.5 Å². The van der Waals surface area contributed by atoms with E-state index < -0.39 is 0 Å². The molecule has 0 aliphatic heterocycles. The molecule has 1 aromatic rings. The number of nitrogen functional groups attached to an aromatic ring is 2. The normalized spacial score (nSPS) is 8.17. The number of hydrogen-bond donors (Lipinski definition) is 2. The highest BCUT2D eigenvalue weighted by atomic mass is 35.5. The van der Waals surface area contributed by atoms with Gasteiger partial charge in [0, 0.05) is 5.56 Å². The molecule has 1 aromatic carbocycles. The fourth-order valence-corrected chi connectivity index (χ4v) is 0.723. The van der Waals surface area contributed by atoms with E-state index in [2.05, 4.69) is 0 Å². The fourth-order valence-electron chi connectivity index (χ4n) is 0.723. The maximum atomic E-state index is 12.6. The third-order valence-corrected chi connectivity index (χ3v) is 1.48. The minimum atomic E-state index is -0.313. The number of nitrogens with two attached hydrogens (primary N) is 2. The lowest BCUT2D eigenvalue weighted by Gasteiger charge is -2.03. The molecule has 0 spiro atoms. The van der Waals surface area contributed by atoms with E-state index in [9.17, 15) is 4.39 Å². The molecule has 0 aromatic heterocycles. The van der Waals surface area contributed by atoms with Gasteiger partial charge in [0.25, 0.3) is 0 Å². The summed E-state index contributed by atoms with van der Waals surface area (Å²) in [5.74, 6) is -0.313. The molecule has 12 heavy (non-hydrogen) atoms. The summed E-state index contributed by atoms with van der Waals surface area (Å²) in [6.45, 7) is 1.60. The Labute approximate surface area is 82.9 Å². The zero-order valence-electron chi connectivity index (χ0n) is 6.50. The molecule has 0 heterocycles. The molecule has 0 amide bonds. The van der Waals surface area contributed by atoms with Crippen molar-refractivity contribution in [3.8, 4) is 0 Å². The zero-order valence-corrected chi connectivity index (χ0v) is 8.14. The summed E-state index contributed by atoms with van der Waals surface area (Å²) < 4.78 is 12.6. The highest BCUT2D eigenvalue weighted by molar-refractivity contribution is 5.85. The molecule has 70 valence electrons. The Morgan fingerprint density at radius 3 is 2.08 bits per heavy atom. The molecule has 0 saturated carbocycles. The summed E-state index contributed by atoms with van der Waals surface area (Å²) >= 11 is 0. The second kappa shape index (κ2) is 5.06. The van der Waals surface area contributed by atoms with Crippen LogP contribution in [0.3, 0.4) is 0 Å². The van der Waals surface area contributed by atoms with Gasteiger partial charge in [-0.2, -0.15) is 0 Å². The summed E-state index contributed by atoms with van der Waals surface area (Å²) in [5.41, 5.74) is 12.0. The molecule has 0 aliphatic rings. The van der Waals surface area contributed by atoms with Crippen molar-refractivity contribution >= 4 is 36.2 Å². The fraction of sp³-hybridized carbons (Fsp3) is 0.143. The van der Waals surface area contributed by atoms with Crippen molar-refractivity contribution in [1.29, 1.82) is 0 Å². The zero-order chi connectivity index (χ0) is 7.72. The maximum absolute atomic E-state index is 12.6. The van der Waals surface area contributed by atoms with Crippen molar-refractivity contribution in [3.05, 3.63) is 23.5 Å². The van der Waals surface area contributed by atoms with Gasteiger partial charge < -0.3 is 11.5 Å². The Balaban J connectivity index is 0. The SMILES string of the molecule is Cc1c(F)ccc(N)c1N.Cl.Cl. The molecular weight excluding hydrogens is 202 g/mol. The highest BCUT2D eigenvalue weighted by Crippen LogP contribution is 2.20. The topological polar surface area (TPSA) is 52.0 Å². The van der Waals surface area contributed by atoms with E-state index in [-0.39, 0.29) is 30.6 Å². The minimum Gasteiger partial charge on any atom is -0.397 e. The van der Waals surface area contributed by atoms with E-state index in [4.69, 9.17) is 11.5 Å². The van der Waals surface area contributed by atoms with Gasteiger partial charge in [-0.3, -0.25) is 0 Å². The molecule has 0 fully saturated rings. The van der Waals surface area contributed by atoms with Crippen molar-refractivity contribution in [2.45, 2.75) is 6.92 Å². The molecule has 1 rings (SSSR count). The van der Waals surface area contributed by atoms with E-state index in [1.54, 1.807) is 6.92 Å². The third-order valence-electron chi connectivity index (χ3n) is 1.48. The van der Waals surface area contributed by atoms with Gasteiger partial charge >= 0.3 is 0 Å². The Morgan fingerprint density at radius 1 is 1.17 bits per heavy atom. The molecule has 0 unspecified atom stereocenters. The first-order valence-corrected chi connectivity index (χ1v) is 2.93. The van der Waals surface area contributed by atoms with E-state index >= 15 is 0 Å². The van der Waals surface area contributed by atoms with Crippen molar-refractivity contribution < 1.29 is 4.39 Å². The predicted octanol–water partition coefficient (Wildman–Crippen LogP) is 2.14. The molecule has 4 N–H and O–H groups in total. The van der Waals surface area contributed by atoms with E-state index in [1.165, 1.54) is 12.1 Å². The predicted molar refractivity (Wildman–Crippen MR) is 54.5 cm³/mol. The number of benzene rings is 1. The highest BCUT2D eigenvalue weighted by Gasteiger charge is 2.02. The molecule has 5 heteroatoms. The van der Waals surface area contributed by atoms with E-state index in [0.717, 1.165) is 0 Å². The van der Waals surface area contributed by atoms with E-state index in [1.807, 2.05) is 0 Å². The Hall–Kier alpha value is -0.670. The van der Waals surface area contributed by atoms with Gasteiger partial charge in [-0.15, -0.1) is 24.8 Å². The molecule has 2 nitrogen and oxygen atoms in total. The quantitative estimate of drug-likeness (QED) is 0.648. The lowest BCUT2D eigenvalue weighted by molar-refractivity contribution is 0.619. The second-order valence-electron chi connectivity index (χ2n) is 2.18. The monoisotopic (exact) mass is 212 g/mol. The number of hydrogen-bond acceptors (Lipinski definition) is 2. The van der Waals surface area contributed by atoms with Crippen LogP contribution in [0.25, 0.3) is 0 Å². The van der Waals surface area contributed by atoms with Crippen molar-refractivity contribution in [3.63, 3.8) is 0 Å². The lowest BCUT2D eigenvalue weighted by atomic mass is 10.1. The standard InChI is InChI=1S/C7H9FN2.2ClH/c1-4-5(8)2-3-6(9)7(4)10;;/h2-3H,9-10H2,1H3;2*1H. The van der Waals surface area contributed by atoms with Crippen molar-refractivity contribution in [2.24, 2.45) is 0 Å². The Kier molecular flexibility index (Phi) is 5.86. The van der Waals surface area contributed by atoms with Gasteiger partial charge in [-0.25, -0.2) is 4.39 Å². The first-order chi connectivity index (χ1) is 4.63. The van der Waals surface area contributed by atoms with Crippen LogP contribution in [-0.2, 0) is 0 Å².